The number of hydrogen-bond donors (Lipinski definition) is 1. The standard InChI is InChI=1S/C16H15ClN4O3/c1-20-5-4-12-14(15(20)22)11(8-21(12)2)19-10-6-13(17)18-7-9(10)16(23)24-3/h4-8H,1-3H3,(H,18,19). The van der Waals surface area contributed by atoms with Gasteiger partial charge in [-0.05, 0) is 12.1 Å². The zero-order chi connectivity index (χ0) is 17.4. The Hall–Kier alpha value is -2.80. The number of anilines is 2. The maximum absolute atomic E-state index is 12.5. The average molecular weight is 347 g/mol. The van der Waals surface area contributed by atoms with Gasteiger partial charge in [0.15, 0.2) is 0 Å². The first-order valence-electron chi connectivity index (χ1n) is 7.08. The number of nitrogens with one attached hydrogen (secondary N) is 1. The summed E-state index contributed by atoms with van der Waals surface area (Å²) in [6.07, 6.45) is 4.82. The van der Waals surface area contributed by atoms with Crippen molar-refractivity contribution in [3.05, 3.63) is 51.8 Å². The molecule has 0 radical (unpaired) electrons. The minimum atomic E-state index is -0.546. The number of carbonyl (C=O) groups is 1. The first-order chi connectivity index (χ1) is 11.4. The molecule has 0 aliphatic carbocycles. The molecule has 1 N–H and O–H groups in total. The highest BCUT2D eigenvalue weighted by Crippen LogP contribution is 2.28. The SMILES string of the molecule is COC(=O)c1cnc(Cl)cc1Nc1cn(C)c2ccn(C)c(=O)c12. The van der Waals surface area contributed by atoms with Gasteiger partial charge in [0.2, 0.25) is 0 Å². The lowest BCUT2D eigenvalue weighted by molar-refractivity contribution is 0.0601. The number of methoxy groups -OCH3 is 1. The zero-order valence-electron chi connectivity index (χ0n) is 13.3. The molecule has 3 heterocycles. The lowest BCUT2D eigenvalue weighted by Crippen LogP contribution is -2.16. The van der Waals surface area contributed by atoms with Crippen LogP contribution < -0.4 is 10.9 Å². The quantitative estimate of drug-likeness (QED) is 0.582. The van der Waals surface area contributed by atoms with E-state index in [0.29, 0.717) is 16.8 Å². The number of esters is 1. The monoisotopic (exact) mass is 346 g/mol. The minimum absolute atomic E-state index is 0.143. The van der Waals surface area contributed by atoms with E-state index in [4.69, 9.17) is 16.3 Å². The molecule has 124 valence electrons. The molecule has 3 aromatic heterocycles. The number of rotatable bonds is 3. The van der Waals surface area contributed by atoms with Crippen molar-refractivity contribution in [2.24, 2.45) is 14.1 Å². The number of nitrogens with zero attached hydrogens (tertiary/aromatic N) is 3. The molecule has 8 heteroatoms. The van der Waals surface area contributed by atoms with Crippen LogP contribution in [0, 0.1) is 0 Å². The highest BCUT2D eigenvalue weighted by atomic mass is 35.5. The normalized spacial score (nSPS) is 10.8. The van der Waals surface area contributed by atoms with Crippen LogP contribution >= 0.6 is 11.6 Å². The van der Waals surface area contributed by atoms with Crippen LogP contribution in [0.1, 0.15) is 10.4 Å². The van der Waals surface area contributed by atoms with Crippen molar-refractivity contribution in [2.45, 2.75) is 0 Å². The molecule has 0 saturated heterocycles. The van der Waals surface area contributed by atoms with Crippen molar-refractivity contribution in [1.82, 2.24) is 14.1 Å². The second kappa shape index (κ2) is 6.01. The van der Waals surface area contributed by atoms with E-state index in [-0.39, 0.29) is 16.3 Å². The first kappa shape index (κ1) is 16.1. The Kier molecular flexibility index (Phi) is 4.02. The molecule has 0 aromatic carbocycles. The largest absolute Gasteiger partial charge is 0.465 e. The molecule has 0 fully saturated rings. The average Bonchev–Trinajstić information content (AvgIpc) is 2.86. The van der Waals surface area contributed by atoms with Gasteiger partial charge in [-0.2, -0.15) is 0 Å². The Balaban J connectivity index is 2.18. The molecular weight excluding hydrogens is 332 g/mol. The molecule has 3 rings (SSSR count). The summed E-state index contributed by atoms with van der Waals surface area (Å²) in [4.78, 5) is 28.3. The van der Waals surface area contributed by atoms with E-state index < -0.39 is 5.97 Å². The molecule has 0 unspecified atom stereocenters. The number of fused-ring (bicyclic) bond motifs is 1. The summed E-state index contributed by atoms with van der Waals surface area (Å²) in [6.45, 7) is 0. The summed E-state index contributed by atoms with van der Waals surface area (Å²) in [5.41, 5.74) is 1.85. The molecule has 24 heavy (non-hydrogen) atoms. The summed E-state index contributed by atoms with van der Waals surface area (Å²) in [6, 6.07) is 3.36. The van der Waals surface area contributed by atoms with Crippen LogP contribution in [0.4, 0.5) is 11.4 Å². The van der Waals surface area contributed by atoms with E-state index >= 15 is 0 Å². The van der Waals surface area contributed by atoms with Crippen LogP contribution in [0.3, 0.4) is 0 Å². The zero-order valence-corrected chi connectivity index (χ0v) is 14.1. The molecule has 0 saturated carbocycles. The minimum Gasteiger partial charge on any atom is -0.465 e. The van der Waals surface area contributed by atoms with E-state index in [1.807, 2.05) is 17.7 Å². The van der Waals surface area contributed by atoms with E-state index in [9.17, 15) is 9.59 Å². The lowest BCUT2D eigenvalue weighted by Gasteiger charge is -2.10. The first-order valence-corrected chi connectivity index (χ1v) is 7.45. The van der Waals surface area contributed by atoms with Crippen molar-refractivity contribution in [3.63, 3.8) is 0 Å². The van der Waals surface area contributed by atoms with Gasteiger partial charge in [0, 0.05) is 32.7 Å². The summed E-state index contributed by atoms with van der Waals surface area (Å²) in [7, 11) is 4.81. The maximum Gasteiger partial charge on any atom is 0.341 e. The summed E-state index contributed by atoms with van der Waals surface area (Å²) < 4.78 is 8.08. The van der Waals surface area contributed by atoms with Crippen molar-refractivity contribution < 1.29 is 9.53 Å². The fourth-order valence-corrected chi connectivity index (χ4v) is 2.70. The number of pyridine rings is 2. The van der Waals surface area contributed by atoms with E-state index in [2.05, 4.69) is 10.3 Å². The van der Waals surface area contributed by atoms with Gasteiger partial charge >= 0.3 is 5.97 Å². The third-order valence-electron chi connectivity index (χ3n) is 3.76. The van der Waals surface area contributed by atoms with Crippen LogP contribution in [-0.4, -0.2) is 27.2 Å². The van der Waals surface area contributed by atoms with Crippen LogP contribution in [0.2, 0.25) is 5.15 Å². The molecule has 0 amide bonds. The summed E-state index contributed by atoms with van der Waals surface area (Å²) >= 11 is 5.94. The Labute approximate surface area is 142 Å². The van der Waals surface area contributed by atoms with Gasteiger partial charge in [-0.3, -0.25) is 4.79 Å². The molecular formula is C16H15ClN4O3. The van der Waals surface area contributed by atoms with Gasteiger partial charge in [0.1, 0.15) is 10.7 Å². The molecule has 3 aromatic rings. The predicted octanol–water partition coefficient (Wildman–Crippen LogP) is 2.46. The Morgan fingerprint density at radius 3 is 2.75 bits per heavy atom. The van der Waals surface area contributed by atoms with Crippen molar-refractivity contribution in [2.75, 3.05) is 12.4 Å². The molecule has 0 atom stereocenters. The number of ether oxygens (including phenoxy) is 1. The van der Waals surface area contributed by atoms with Gasteiger partial charge in [0.05, 0.1) is 29.4 Å². The highest BCUT2D eigenvalue weighted by molar-refractivity contribution is 6.29. The van der Waals surface area contributed by atoms with Gasteiger partial charge in [-0.15, -0.1) is 0 Å². The van der Waals surface area contributed by atoms with Crippen LogP contribution in [0.15, 0.2) is 35.5 Å². The molecule has 0 aliphatic heterocycles. The Bertz CT molecular complexity index is 1010. The van der Waals surface area contributed by atoms with Crippen LogP contribution in [0.5, 0.6) is 0 Å². The third kappa shape index (κ3) is 2.63. The fourth-order valence-electron chi connectivity index (χ4n) is 2.54. The number of aromatic nitrogens is 3. The van der Waals surface area contributed by atoms with Gasteiger partial charge in [-0.25, -0.2) is 9.78 Å². The van der Waals surface area contributed by atoms with Gasteiger partial charge in [-0.1, -0.05) is 11.6 Å². The number of aryl methyl sites for hydroxylation is 2. The second-order valence-electron chi connectivity index (χ2n) is 5.31. The topological polar surface area (TPSA) is 78.2 Å². The van der Waals surface area contributed by atoms with Gasteiger partial charge in [0.25, 0.3) is 5.56 Å². The van der Waals surface area contributed by atoms with Gasteiger partial charge < -0.3 is 19.2 Å². The summed E-state index contributed by atoms with van der Waals surface area (Å²) in [5, 5.41) is 3.84. The lowest BCUT2D eigenvalue weighted by atomic mass is 10.2. The van der Waals surface area contributed by atoms with E-state index in [1.165, 1.54) is 23.9 Å². The molecule has 0 aliphatic rings. The fraction of sp³-hybridized carbons (Fsp3) is 0.188. The number of hydrogen-bond acceptors (Lipinski definition) is 5. The third-order valence-corrected chi connectivity index (χ3v) is 3.97. The van der Waals surface area contributed by atoms with E-state index in [0.717, 1.165) is 5.52 Å². The smallest absolute Gasteiger partial charge is 0.341 e. The summed E-state index contributed by atoms with van der Waals surface area (Å²) in [5.74, 6) is -0.546. The second-order valence-corrected chi connectivity index (χ2v) is 5.70. The number of halogens is 1. The van der Waals surface area contributed by atoms with Crippen LogP contribution in [0.25, 0.3) is 10.9 Å². The van der Waals surface area contributed by atoms with Crippen molar-refractivity contribution in [3.8, 4) is 0 Å². The highest BCUT2D eigenvalue weighted by Gasteiger charge is 2.17. The van der Waals surface area contributed by atoms with Crippen molar-refractivity contribution >= 4 is 39.8 Å². The van der Waals surface area contributed by atoms with Crippen molar-refractivity contribution in [1.29, 1.82) is 0 Å². The Morgan fingerprint density at radius 2 is 2.04 bits per heavy atom. The predicted molar refractivity (Wildman–Crippen MR) is 92.0 cm³/mol. The Morgan fingerprint density at radius 1 is 1.29 bits per heavy atom. The number of carbonyl (C=O) groups excluding carboxylic acids is 1. The van der Waals surface area contributed by atoms with E-state index in [1.54, 1.807) is 19.4 Å². The molecule has 7 nitrogen and oxygen atoms in total. The molecule has 0 bridgehead atoms. The van der Waals surface area contributed by atoms with Crippen LogP contribution in [-0.2, 0) is 18.8 Å². The molecule has 0 spiro atoms. The maximum atomic E-state index is 12.5.